The topological polar surface area (TPSA) is 46.2 Å². The molecule has 0 aromatic carbocycles. The van der Waals surface area contributed by atoms with Crippen LogP contribution in [0.15, 0.2) is 5.38 Å². The molecule has 0 saturated heterocycles. The zero-order valence-corrected chi connectivity index (χ0v) is 14.8. The highest BCUT2D eigenvalue weighted by atomic mass is 32.1. The highest BCUT2D eigenvalue weighted by Crippen LogP contribution is 2.57. The second kappa shape index (κ2) is 7.33. The number of ketones is 1. The van der Waals surface area contributed by atoms with E-state index in [1.54, 1.807) is 6.92 Å². The van der Waals surface area contributed by atoms with Crippen molar-refractivity contribution < 1.29 is 9.59 Å². The number of carbonyl (C=O) groups is 2. The van der Waals surface area contributed by atoms with E-state index in [2.05, 4.69) is 26.1 Å². The zero-order chi connectivity index (χ0) is 15.3. The zero-order valence-electron chi connectivity index (χ0n) is 13.1. The molecule has 0 atom stereocenters. The molecule has 1 heterocycles. The third-order valence-corrected chi connectivity index (χ3v) is 10.2. The lowest BCUT2D eigenvalue weighted by molar-refractivity contribution is -0.113. The van der Waals surface area contributed by atoms with E-state index in [1.165, 1.54) is 11.3 Å². The van der Waals surface area contributed by atoms with Crippen LogP contribution in [0.1, 0.15) is 42.9 Å². The van der Waals surface area contributed by atoms with Gasteiger partial charge in [-0.3, -0.25) is 9.59 Å². The van der Waals surface area contributed by atoms with Crippen molar-refractivity contribution in [2.45, 2.75) is 34.6 Å². The van der Waals surface area contributed by atoms with Gasteiger partial charge in [0.2, 0.25) is 0 Å². The van der Waals surface area contributed by atoms with Gasteiger partial charge in [0.05, 0.1) is 29.1 Å². The summed E-state index contributed by atoms with van der Waals surface area (Å²) < 4.78 is 0. The molecule has 0 aliphatic rings. The van der Waals surface area contributed by atoms with Crippen molar-refractivity contribution >= 4 is 36.0 Å². The number of nitrogens with one attached hydrogen (secondary N) is 1. The van der Waals surface area contributed by atoms with E-state index in [0.29, 0.717) is 16.7 Å². The fourth-order valence-corrected chi connectivity index (χ4v) is 5.96. The third kappa shape index (κ3) is 3.89. The standard InChI is InChI=1S/C15H24NO2PS/c1-6-19(7-2,8-3)9-13(18)16-14-11(4)10-20-15(14)12(5)17/h10H,6-9H2,1-5H3/p+1. The molecule has 0 radical (unpaired) electrons. The first-order chi connectivity index (χ1) is 9.39. The Morgan fingerprint density at radius 1 is 1.20 bits per heavy atom. The molecule has 0 bridgehead atoms. The average molecular weight is 314 g/mol. The maximum Gasteiger partial charge on any atom is 0.261 e. The minimum atomic E-state index is -1.16. The van der Waals surface area contributed by atoms with Gasteiger partial charge in [-0.15, -0.1) is 11.3 Å². The third-order valence-electron chi connectivity index (χ3n) is 4.05. The Kier molecular flexibility index (Phi) is 6.35. The molecule has 0 saturated carbocycles. The Bertz CT molecular complexity index is 484. The Labute approximate surface area is 126 Å². The van der Waals surface area contributed by atoms with E-state index in [0.717, 1.165) is 24.0 Å². The van der Waals surface area contributed by atoms with Crippen LogP contribution in [0.2, 0.25) is 0 Å². The Morgan fingerprint density at radius 3 is 2.20 bits per heavy atom. The van der Waals surface area contributed by atoms with Gasteiger partial charge >= 0.3 is 0 Å². The van der Waals surface area contributed by atoms with Crippen molar-refractivity contribution in [1.29, 1.82) is 0 Å². The maximum atomic E-state index is 12.3. The number of aryl methyl sites for hydroxylation is 1. The number of carbonyl (C=O) groups excluding carboxylic acids is 2. The maximum absolute atomic E-state index is 12.3. The van der Waals surface area contributed by atoms with Crippen LogP contribution in [0.4, 0.5) is 5.69 Å². The molecule has 1 aromatic rings. The van der Waals surface area contributed by atoms with Crippen LogP contribution in [0, 0.1) is 6.92 Å². The lowest BCUT2D eigenvalue weighted by Gasteiger charge is -2.22. The fraction of sp³-hybridized carbons (Fsp3) is 0.600. The van der Waals surface area contributed by atoms with E-state index in [9.17, 15) is 9.59 Å². The summed E-state index contributed by atoms with van der Waals surface area (Å²) in [6.45, 7) is 10.0. The molecule has 20 heavy (non-hydrogen) atoms. The SMILES string of the molecule is CC[P+](CC)(CC)CC(=O)Nc1c(C)csc1C(C)=O. The van der Waals surface area contributed by atoms with E-state index in [-0.39, 0.29) is 11.7 Å². The minimum Gasteiger partial charge on any atom is -0.321 e. The van der Waals surface area contributed by atoms with E-state index < -0.39 is 7.26 Å². The fourth-order valence-electron chi connectivity index (χ4n) is 2.35. The summed E-state index contributed by atoms with van der Waals surface area (Å²) in [6.07, 6.45) is 3.95. The number of anilines is 1. The molecule has 1 N–H and O–H groups in total. The summed E-state index contributed by atoms with van der Waals surface area (Å²) in [7, 11) is -1.16. The Hall–Kier alpha value is -0.730. The first-order valence-electron chi connectivity index (χ1n) is 7.13. The van der Waals surface area contributed by atoms with Gasteiger partial charge in [-0.2, -0.15) is 0 Å². The van der Waals surface area contributed by atoms with Crippen molar-refractivity contribution in [2.24, 2.45) is 0 Å². The number of hydrogen-bond acceptors (Lipinski definition) is 3. The highest BCUT2D eigenvalue weighted by molar-refractivity contribution is 7.76. The van der Waals surface area contributed by atoms with Crippen LogP contribution in [0.5, 0.6) is 0 Å². The van der Waals surface area contributed by atoms with Crippen LogP contribution in [0.25, 0.3) is 0 Å². The summed E-state index contributed by atoms with van der Waals surface area (Å²) in [5.74, 6) is 0.0776. The van der Waals surface area contributed by atoms with Crippen molar-refractivity contribution in [3.8, 4) is 0 Å². The van der Waals surface area contributed by atoms with Gasteiger partial charge in [0, 0.05) is 14.2 Å². The van der Waals surface area contributed by atoms with Gasteiger partial charge in [0.25, 0.3) is 5.91 Å². The number of hydrogen-bond donors (Lipinski definition) is 1. The average Bonchev–Trinajstić information content (AvgIpc) is 2.78. The lowest BCUT2D eigenvalue weighted by atomic mass is 10.2. The van der Waals surface area contributed by atoms with Gasteiger partial charge < -0.3 is 5.32 Å². The Balaban J connectivity index is 2.86. The summed E-state index contributed by atoms with van der Waals surface area (Å²) in [5, 5.41) is 4.90. The lowest BCUT2D eigenvalue weighted by Crippen LogP contribution is -2.22. The quantitative estimate of drug-likeness (QED) is 0.603. The van der Waals surface area contributed by atoms with Crippen molar-refractivity contribution in [2.75, 3.05) is 30.0 Å². The molecule has 112 valence electrons. The number of thiophene rings is 1. The molecule has 5 heteroatoms. The van der Waals surface area contributed by atoms with Crippen LogP contribution < -0.4 is 5.32 Å². The number of Topliss-reactive ketones (excluding diaryl/α,β-unsaturated/α-hetero) is 1. The summed E-state index contributed by atoms with van der Waals surface area (Å²) in [6, 6.07) is 0. The molecular weight excluding hydrogens is 289 g/mol. The van der Waals surface area contributed by atoms with Gasteiger partial charge in [-0.05, 0) is 38.6 Å². The smallest absolute Gasteiger partial charge is 0.261 e. The predicted molar refractivity (Wildman–Crippen MR) is 91.1 cm³/mol. The van der Waals surface area contributed by atoms with Crippen molar-refractivity contribution in [1.82, 2.24) is 0 Å². The molecule has 1 rings (SSSR count). The molecule has 0 aliphatic carbocycles. The van der Waals surface area contributed by atoms with Crippen molar-refractivity contribution in [3.05, 3.63) is 15.8 Å². The highest BCUT2D eigenvalue weighted by Gasteiger charge is 2.34. The summed E-state index contributed by atoms with van der Waals surface area (Å²) in [5.41, 5.74) is 1.69. The molecule has 1 amide bonds. The minimum absolute atomic E-state index is 0.0148. The normalized spacial score (nSPS) is 11.4. The number of rotatable bonds is 7. The largest absolute Gasteiger partial charge is 0.321 e. The molecule has 0 fully saturated rings. The summed E-state index contributed by atoms with van der Waals surface area (Å²) >= 11 is 1.41. The van der Waals surface area contributed by atoms with Crippen LogP contribution in [-0.2, 0) is 4.79 Å². The summed E-state index contributed by atoms with van der Waals surface area (Å²) in [4.78, 5) is 24.6. The molecule has 1 aromatic heterocycles. The van der Waals surface area contributed by atoms with Gasteiger partial charge in [0.1, 0.15) is 6.16 Å². The van der Waals surface area contributed by atoms with E-state index in [4.69, 9.17) is 0 Å². The van der Waals surface area contributed by atoms with Crippen LogP contribution in [-0.4, -0.2) is 36.3 Å². The molecule has 0 spiro atoms. The first-order valence-corrected chi connectivity index (χ1v) is 10.5. The molecule has 0 aliphatic heterocycles. The molecular formula is C15H25NO2PS+. The number of amides is 1. The van der Waals surface area contributed by atoms with Crippen molar-refractivity contribution in [3.63, 3.8) is 0 Å². The predicted octanol–water partition coefficient (Wildman–Crippen LogP) is 4.27. The van der Waals surface area contributed by atoms with Crippen LogP contribution >= 0.6 is 18.6 Å². The van der Waals surface area contributed by atoms with Gasteiger partial charge in [-0.1, -0.05) is 0 Å². The van der Waals surface area contributed by atoms with E-state index >= 15 is 0 Å². The Morgan fingerprint density at radius 2 is 1.75 bits per heavy atom. The van der Waals surface area contributed by atoms with Gasteiger partial charge in [-0.25, -0.2) is 0 Å². The second-order valence-corrected chi connectivity index (χ2v) is 11.0. The van der Waals surface area contributed by atoms with Crippen LogP contribution in [0.3, 0.4) is 0 Å². The van der Waals surface area contributed by atoms with E-state index in [1.807, 2.05) is 12.3 Å². The first kappa shape index (κ1) is 17.3. The molecule has 3 nitrogen and oxygen atoms in total. The molecule has 0 unspecified atom stereocenters. The van der Waals surface area contributed by atoms with Gasteiger partial charge in [0.15, 0.2) is 5.78 Å². The monoisotopic (exact) mass is 314 g/mol. The second-order valence-electron chi connectivity index (χ2n) is 5.18.